The number of nitro benzene ring substituents is 1. The normalized spacial score (nSPS) is 10.6. The van der Waals surface area contributed by atoms with Gasteiger partial charge in [-0.15, -0.1) is 0 Å². The number of aromatic amines is 1. The van der Waals surface area contributed by atoms with E-state index in [9.17, 15) is 14.9 Å². The third-order valence-electron chi connectivity index (χ3n) is 3.66. The van der Waals surface area contributed by atoms with Crippen molar-refractivity contribution in [1.29, 1.82) is 0 Å². The summed E-state index contributed by atoms with van der Waals surface area (Å²) in [4.78, 5) is 29.9. The number of nitrogens with zero attached hydrogens (tertiary/aromatic N) is 2. The Hall–Kier alpha value is -3.42. The average Bonchev–Trinajstić information content (AvgIpc) is 3.03. The predicted octanol–water partition coefficient (Wildman–Crippen LogP) is 2.59. The van der Waals surface area contributed by atoms with Crippen molar-refractivity contribution in [2.45, 2.75) is 13.0 Å². The summed E-state index contributed by atoms with van der Waals surface area (Å²) in [7, 11) is 0. The van der Waals surface area contributed by atoms with Crippen LogP contribution in [0.3, 0.4) is 0 Å². The summed E-state index contributed by atoms with van der Waals surface area (Å²) < 4.78 is 0. The van der Waals surface area contributed by atoms with Crippen LogP contribution in [0.4, 0.5) is 11.4 Å². The fourth-order valence-corrected chi connectivity index (χ4v) is 2.45. The second-order valence-corrected chi connectivity index (χ2v) is 5.43. The number of amides is 1. The average molecular weight is 339 g/mol. The molecule has 8 nitrogen and oxygen atoms in total. The van der Waals surface area contributed by atoms with Crippen molar-refractivity contribution in [2.75, 3.05) is 11.9 Å². The molecule has 0 aliphatic heterocycles. The second-order valence-electron chi connectivity index (χ2n) is 5.43. The van der Waals surface area contributed by atoms with Crippen LogP contribution >= 0.6 is 0 Å². The SMILES string of the molecule is O=C(CCNc1ccccc1[N+](=O)[O-])NCc1nc2ccccc2[nH]1. The van der Waals surface area contributed by atoms with E-state index in [1.54, 1.807) is 18.2 Å². The number of aromatic nitrogens is 2. The molecule has 0 aliphatic carbocycles. The lowest BCUT2D eigenvalue weighted by atomic mass is 10.2. The van der Waals surface area contributed by atoms with Gasteiger partial charge in [-0.2, -0.15) is 0 Å². The first kappa shape index (κ1) is 16.4. The zero-order valence-electron chi connectivity index (χ0n) is 13.4. The zero-order chi connectivity index (χ0) is 17.6. The molecule has 3 aromatic rings. The molecule has 0 saturated carbocycles. The highest BCUT2D eigenvalue weighted by atomic mass is 16.6. The third kappa shape index (κ3) is 4.11. The van der Waals surface area contributed by atoms with Crippen molar-refractivity contribution < 1.29 is 9.72 Å². The van der Waals surface area contributed by atoms with Gasteiger partial charge in [-0.25, -0.2) is 4.98 Å². The third-order valence-corrected chi connectivity index (χ3v) is 3.66. The van der Waals surface area contributed by atoms with E-state index in [1.807, 2.05) is 24.3 Å². The number of para-hydroxylation sites is 4. The summed E-state index contributed by atoms with van der Waals surface area (Å²) in [6, 6.07) is 14.0. The van der Waals surface area contributed by atoms with Crippen molar-refractivity contribution in [3.8, 4) is 0 Å². The summed E-state index contributed by atoms with van der Waals surface area (Å²) in [6.45, 7) is 0.607. The van der Waals surface area contributed by atoms with Gasteiger partial charge in [0.2, 0.25) is 5.91 Å². The lowest BCUT2D eigenvalue weighted by molar-refractivity contribution is -0.384. The van der Waals surface area contributed by atoms with Crippen molar-refractivity contribution in [3.63, 3.8) is 0 Å². The van der Waals surface area contributed by atoms with Crippen molar-refractivity contribution in [2.24, 2.45) is 0 Å². The molecule has 1 amide bonds. The molecule has 2 aromatic carbocycles. The molecule has 8 heteroatoms. The number of nitro groups is 1. The van der Waals surface area contributed by atoms with Gasteiger partial charge < -0.3 is 15.6 Å². The van der Waals surface area contributed by atoms with Crippen LogP contribution in [0.25, 0.3) is 11.0 Å². The van der Waals surface area contributed by atoms with Gasteiger partial charge in [-0.05, 0) is 18.2 Å². The number of carbonyl (C=O) groups excluding carboxylic acids is 1. The zero-order valence-corrected chi connectivity index (χ0v) is 13.4. The summed E-state index contributed by atoms with van der Waals surface area (Å²) in [6.07, 6.45) is 0.201. The highest BCUT2D eigenvalue weighted by Gasteiger charge is 2.12. The highest BCUT2D eigenvalue weighted by molar-refractivity contribution is 5.77. The Morgan fingerprint density at radius 3 is 2.72 bits per heavy atom. The summed E-state index contributed by atoms with van der Waals surface area (Å²) in [5.74, 6) is 0.521. The fourth-order valence-electron chi connectivity index (χ4n) is 2.45. The van der Waals surface area contributed by atoms with E-state index < -0.39 is 4.92 Å². The summed E-state index contributed by atoms with van der Waals surface area (Å²) in [5.41, 5.74) is 2.16. The van der Waals surface area contributed by atoms with Gasteiger partial charge >= 0.3 is 0 Å². The van der Waals surface area contributed by atoms with E-state index in [4.69, 9.17) is 0 Å². The second kappa shape index (κ2) is 7.43. The first-order valence-electron chi connectivity index (χ1n) is 7.81. The first-order valence-corrected chi connectivity index (χ1v) is 7.81. The molecule has 128 valence electrons. The molecule has 1 aromatic heterocycles. The molecule has 1 heterocycles. The molecule has 3 N–H and O–H groups in total. The number of imidazole rings is 1. The van der Waals surface area contributed by atoms with E-state index in [0.717, 1.165) is 11.0 Å². The molecule has 0 spiro atoms. The number of benzene rings is 2. The number of fused-ring (bicyclic) bond motifs is 1. The number of nitrogens with one attached hydrogen (secondary N) is 3. The highest BCUT2D eigenvalue weighted by Crippen LogP contribution is 2.22. The smallest absolute Gasteiger partial charge is 0.292 e. The Labute approximate surface area is 143 Å². The molecule has 25 heavy (non-hydrogen) atoms. The van der Waals surface area contributed by atoms with Gasteiger partial charge in [-0.1, -0.05) is 24.3 Å². The molecular formula is C17H17N5O3. The largest absolute Gasteiger partial charge is 0.379 e. The van der Waals surface area contributed by atoms with E-state index in [0.29, 0.717) is 24.6 Å². The van der Waals surface area contributed by atoms with E-state index >= 15 is 0 Å². The van der Waals surface area contributed by atoms with Gasteiger partial charge in [0, 0.05) is 19.0 Å². The fraction of sp³-hybridized carbons (Fsp3) is 0.176. The Kier molecular flexibility index (Phi) is 4.89. The van der Waals surface area contributed by atoms with Crippen molar-refractivity contribution >= 4 is 28.3 Å². The number of hydrogen-bond donors (Lipinski definition) is 3. The van der Waals surface area contributed by atoms with Gasteiger partial charge in [0.15, 0.2) is 0 Å². The van der Waals surface area contributed by atoms with E-state index in [1.165, 1.54) is 6.07 Å². The molecule has 0 radical (unpaired) electrons. The van der Waals surface area contributed by atoms with Gasteiger partial charge in [-0.3, -0.25) is 14.9 Å². The van der Waals surface area contributed by atoms with E-state index in [-0.39, 0.29) is 18.0 Å². The molecular weight excluding hydrogens is 322 g/mol. The van der Waals surface area contributed by atoms with Crippen LogP contribution in [0.5, 0.6) is 0 Å². The van der Waals surface area contributed by atoms with Crippen LogP contribution in [-0.2, 0) is 11.3 Å². The quantitative estimate of drug-likeness (QED) is 0.452. The molecule has 3 rings (SSSR count). The lowest BCUT2D eigenvalue weighted by Crippen LogP contribution is -2.25. The Balaban J connectivity index is 1.48. The van der Waals surface area contributed by atoms with Crippen LogP contribution in [0.1, 0.15) is 12.2 Å². The van der Waals surface area contributed by atoms with Gasteiger partial charge in [0.25, 0.3) is 5.69 Å². The summed E-state index contributed by atoms with van der Waals surface area (Å²) >= 11 is 0. The van der Waals surface area contributed by atoms with Gasteiger partial charge in [0.05, 0.1) is 22.5 Å². The van der Waals surface area contributed by atoms with Crippen LogP contribution in [-0.4, -0.2) is 27.3 Å². The Morgan fingerprint density at radius 1 is 1.16 bits per heavy atom. The lowest BCUT2D eigenvalue weighted by Gasteiger charge is -2.07. The van der Waals surface area contributed by atoms with Crippen LogP contribution < -0.4 is 10.6 Å². The van der Waals surface area contributed by atoms with Crippen molar-refractivity contribution in [3.05, 3.63) is 64.5 Å². The molecule has 0 fully saturated rings. The standard InChI is InChI=1S/C17H17N5O3/c23-17(9-10-18-14-7-3-4-8-15(14)22(24)25)19-11-16-20-12-5-1-2-6-13(12)21-16/h1-8,18H,9-11H2,(H,19,23)(H,20,21). The molecule has 0 aliphatic rings. The van der Waals surface area contributed by atoms with Gasteiger partial charge in [0.1, 0.15) is 11.5 Å². The summed E-state index contributed by atoms with van der Waals surface area (Å²) in [5, 5.41) is 16.6. The van der Waals surface area contributed by atoms with Crippen molar-refractivity contribution in [1.82, 2.24) is 15.3 Å². The van der Waals surface area contributed by atoms with Crippen LogP contribution in [0.2, 0.25) is 0 Å². The maximum Gasteiger partial charge on any atom is 0.292 e. The maximum atomic E-state index is 11.9. The number of carbonyl (C=O) groups is 1. The van der Waals surface area contributed by atoms with Crippen LogP contribution in [0.15, 0.2) is 48.5 Å². The Morgan fingerprint density at radius 2 is 1.92 bits per heavy atom. The molecule has 0 atom stereocenters. The monoisotopic (exact) mass is 339 g/mol. The number of anilines is 1. The number of H-pyrrole nitrogens is 1. The minimum atomic E-state index is -0.454. The Bertz CT molecular complexity index is 873. The number of rotatable bonds is 7. The molecule has 0 unspecified atom stereocenters. The minimum absolute atomic E-state index is 0.00909. The predicted molar refractivity (Wildman–Crippen MR) is 94.1 cm³/mol. The maximum absolute atomic E-state index is 11.9. The number of hydrogen-bond acceptors (Lipinski definition) is 5. The van der Waals surface area contributed by atoms with E-state index in [2.05, 4.69) is 20.6 Å². The molecule has 0 saturated heterocycles. The topological polar surface area (TPSA) is 113 Å². The molecule has 0 bridgehead atoms. The van der Waals surface area contributed by atoms with Crippen LogP contribution in [0, 0.1) is 10.1 Å². The first-order chi connectivity index (χ1) is 12.1. The minimum Gasteiger partial charge on any atom is -0.379 e.